The molecule has 1 heterocycles. The monoisotopic (exact) mass is 280 g/mol. The van der Waals surface area contributed by atoms with Crippen LogP contribution in [0.25, 0.3) is 22.3 Å². The Labute approximate surface area is 123 Å². The van der Waals surface area contributed by atoms with E-state index in [-0.39, 0.29) is 5.97 Å². The molecule has 0 atom stereocenters. The van der Waals surface area contributed by atoms with E-state index in [0.717, 1.165) is 16.5 Å². The van der Waals surface area contributed by atoms with E-state index in [9.17, 15) is 4.79 Å². The highest BCUT2D eigenvalue weighted by molar-refractivity contribution is 6.08. The predicted molar refractivity (Wildman–Crippen MR) is 82.3 cm³/mol. The summed E-state index contributed by atoms with van der Waals surface area (Å²) >= 11 is 0. The number of carbonyl (C=O) groups excluding carboxylic acids is 1. The summed E-state index contributed by atoms with van der Waals surface area (Å²) in [5, 5.41) is 0.798. The summed E-state index contributed by atoms with van der Waals surface area (Å²) in [6.07, 6.45) is 0. The van der Waals surface area contributed by atoms with Gasteiger partial charge in [-0.05, 0) is 26.0 Å². The first-order valence-electron chi connectivity index (χ1n) is 6.96. The van der Waals surface area contributed by atoms with E-state index >= 15 is 0 Å². The summed E-state index contributed by atoms with van der Waals surface area (Å²) in [4.78, 5) is 12.3. The smallest absolute Gasteiger partial charge is 0.342 e. The molecule has 3 nitrogen and oxygen atoms in total. The van der Waals surface area contributed by atoms with Crippen LogP contribution in [0, 0.1) is 6.92 Å². The van der Waals surface area contributed by atoms with Gasteiger partial charge < -0.3 is 9.15 Å². The van der Waals surface area contributed by atoms with Crippen molar-refractivity contribution in [1.82, 2.24) is 0 Å². The second-order valence-corrected chi connectivity index (χ2v) is 4.89. The first kappa shape index (κ1) is 13.4. The molecule has 0 aliphatic heterocycles. The van der Waals surface area contributed by atoms with Gasteiger partial charge >= 0.3 is 5.97 Å². The van der Waals surface area contributed by atoms with E-state index in [0.29, 0.717) is 23.5 Å². The van der Waals surface area contributed by atoms with Crippen LogP contribution in [0.1, 0.15) is 22.8 Å². The molecule has 21 heavy (non-hydrogen) atoms. The lowest BCUT2D eigenvalue weighted by Crippen LogP contribution is -2.05. The van der Waals surface area contributed by atoms with E-state index in [1.807, 2.05) is 55.5 Å². The topological polar surface area (TPSA) is 39.4 Å². The molecule has 0 bridgehead atoms. The first-order valence-corrected chi connectivity index (χ1v) is 6.96. The molecule has 3 heteroatoms. The lowest BCUT2D eigenvalue weighted by Gasteiger charge is -2.03. The summed E-state index contributed by atoms with van der Waals surface area (Å²) in [5.41, 5.74) is 3.15. The number of furan rings is 1. The van der Waals surface area contributed by atoms with Crippen LogP contribution < -0.4 is 0 Å². The molecular weight excluding hydrogens is 264 g/mol. The van der Waals surface area contributed by atoms with Gasteiger partial charge in [-0.1, -0.05) is 42.0 Å². The molecule has 0 saturated heterocycles. The van der Waals surface area contributed by atoms with Crippen molar-refractivity contribution in [2.24, 2.45) is 0 Å². The molecule has 0 spiro atoms. The van der Waals surface area contributed by atoms with Crippen LogP contribution in [0.5, 0.6) is 0 Å². The van der Waals surface area contributed by atoms with Crippen LogP contribution >= 0.6 is 0 Å². The van der Waals surface area contributed by atoms with Gasteiger partial charge in [-0.15, -0.1) is 0 Å². The summed E-state index contributed by atoms with van der Waals surface area (Å²) in [6, 6.07) is 15.4. The molecule has 106 valence electrons. The SMILES string of the molecule is CCOC(=O)c1c(-c2ccccc2)oc2ccc(C)cc12. The van der Waals surface area contributed by atoms with Gasteiger partial charge in [-0.3, -0.25) is 0 Å². The Kier molecular flexibility index (Phi) is 3.48. The van der Waals surface area contributed by atoms with Crippen molar-refractivity contribution in [3.8, 4) is 11.3 Å². The Bertz CT molecular complexity index is 785. The van der Waals surface area contributed by atoms with Crippen molar-refractivity contribution in [1.29, 1.82) is 0 Å². The molecule has 0 amide bonds. The van der Waals surface area contributed by atoms with Crippen molar-refractivity contribution in [2.75, 3.05) is 6.61 Å². The molecule has 0 fully saturated rings. The molecule has 2 aromatic carbocycles. The van der Waals surface area contributed by atoms with Crippen molar-refractivity contribution in [2.45, 2.75) is 13.8 Å². The van der Waals surface area contributed by atoms with Gasteiger partial charge in [0.15, 0.2) is 0 Å². The highest BCUT2D eigenvalue weighted by Gasteiger charge is 2.23. The normalized spacial score (nSPS) is 10.8. The van der Waals surface area contributed by atoms with Crippen molar-refractivity contribution >= 4 is 16.9 Å². The van der Waals surface area contributed by atoms with Gasteiger partial charge in [0, 0.05) is 10.9 Å². The molecule has 0 saturated carbocycles. The summed E-state index contributed by atoms with van der Waals surface area (Å²) in [7, 11) is 0. The second-order valence-electron chi connectivity index (χ2n) is 4.89. The predicted octanol–water partition coefficient (Wildman–Crippen LogP) is 4.58. The second kappa shape index (κ2) is 5.44. The van der Waals surface area contributed by atoms with Gasteiger partial charge in [0.2, 0.25) is 0 Å². The summed E-state index contributed by atoms with van der Waals surface area (Å²) < 4.78 is 11.1. The molecule has 0 aliphatic carbocycles. The molecule has 3 rings (SSSR count). The minimum Gasteiger partial charge on any atom is -0.462 e. The number of rotatable bonds is 3. The molecular formula is C18H16O3. The number of ether oxygens (including phenoxy) is 1. The quantitative estimate of drug-likeness (QED) is 0.659. The third kappa shape index (κ3) is 2.42. The van der Waals surface area contributed by atoms with Crippen LogP contribution in [0.15, 0.2) is 52.9 Å². The molecule has 0 radical (unpaired) electrons. The number of fused-ring (bicyclic) bond motifs is 1. The highest BCUT2D eigenvalue weighted by Crippen LogP contribution is 2.34. The fourth-order valence-corrected chi connectivity index (χ4v) is 2.41. The molecule has 0 unspecified atom stereocenters. The number of aryl methyl sites for hydroxylation is 1. The number of benzene rings is 2. The Morgan fingerprint density at radius 2 is 1.90 bits per heavy atom. The number of carbonyl (C=O) groups is 1. The van der Waals surface area contributed by atoms with Crippen LogP contribution in [-0.2, 0) is 4.74 Å². The Hall–Kier alpha value is -2.55. The van der Waals surface area contributed by atoms with Crippen LogP contribution in [0.2, 0.25) is 0 Å². The van der Waals surface area contributed by atoms with Crippen molar-refractivity contribution in [3.63, 3.8) is 0 Å². The van der Waals surface area contributed by atoms with Gasteiger partial charge in [-0.2, -0.15) is 0 Å². The van der Waals surface area contributed by atoms with Crippen molar-refractivity contribution < 1.29 is 13.9 Å². The van der Waals surface area contributed by atoms with Gasteiger partial charge in [-0.25, -0.2) is 4.79 Å². The van der Waals surface area contributed by atoms with E-state index < -0.39 is 0 Å². The fraction of sp³-hybridized carbons (Fsp3) is 0.167. The Balaban J connectivity index is 2.28. The first-order chi connectivity index (χ1) is 10.2. The number of hydrogen-bond donors (Lipinski definition) is 0. The summed E-state index contributed by atoms with van der Waals surface area (Å²) in [5.74, 6) is 0.218. The highest BCUT2D eigenvalue weighted by atomic mass is 16.5. The molecule has 1 aromatic heterocycles. The average Bonchev–Trinajstić information content (AvgIpc) is 2.87. The standard InChI is InChI=1S/C18H16O3/c1-3-20-18(19)16-14-11-12(2)9-10-15(14)21-17(16)13-7-5-4-6-8-13/h4-11H,3H2,1-2H3. The van der Waals surface area contributed by atoms with Crippen LogP contribution in [0.4, 0.5) is 0 Å². The molecule has 0 aliphatic rings. The van der Waals surface area contributed by atoms with Crippen molar-refractivity contribution in [3.05, 3.63) is 59.7 Å². The van der Waals surface area contributed by atoms with Crippen LogP contribution in [-0.4, -0.2) is 12.6 Å². The minimum absolute atomic E-state index is 0.339. The lowest BCUT2D eigenvalue weighted by atomic mass is 10.0. The maximum atomic E-state index is 12.3. The third-order valence-electron chi connectivity index (χ3n) is 3.36. The maximum Gasteiger partial charge on any atom is 0.342 e. The minimum atomic E-state index is -0.347. The lowest BCUT2D eigenvalue weighted by molar-refractivity contribution is 0.0529. The Morgan fingerprint density at radius 1 is 1.14 bits per heavy atom. The van der Waals surface area contributed by atoms with Gasteiger partial charge in [0.25, 0.3) is 0 Å². The Morgan fingerprint density at radius 3 is 2.62 bits per heavy atom. The zero-order chi connectivity index (χ0) is 14.8. The number of esters is 1. The fourth-order valence-electron chi connectivity index (χ4n) is 2.41. The van der Waals surface area contributed by atoms with Gasteiger partial charge in [0.1, 0.15) is 16.9 Å². The van der Waals surface area contributed by atoms with E-state index in [1.54, 1.807) is 6.92 Å². The van der Waals surface area contributed by atoms with Crippen LogP contribution in [0.3, 0.4) is 0 Å². The van der Waals surface area contributed by atoms with E-state index in [1.165, 1.54) is 0 Å². The largest absolute Gasteiger partial charge is 0.462 e. The number of hydrogen-bond acceptors (Lipinski definition) is 3. The third-order valence-corrected chi connectivity index (χ3v) is 3.36. The van der Waals surface area contributed by atoms with Gasteiger partial charge in [0.05, 0.1) is 6.61 Å². The zero-order valence-corrected chi connectivity index (χ0v) is 12.1. The molecule has 3 aromatic rings. The zero-order valence-electron chi connectivity index (χ0n) is 12.1. The molecule has 0 N–H and O–H groups in total. The average molecular weight is 280 g/mol. The van der Waals surface area contributed by atoms with E-state index in [2.05, 4.69) is 0 Å². The van der Waals surface area contributed by atoms with E-state index in [4.69, 9.17) is 9.15 Å². The maximum absolute atomic E-state index is 12.3. The summed E-state index contributed by atoms with van der Waals surface area (Å²) in [6.45, 7) is 4.13.